The molecule has 0 aromatic heterocycles. The van der Waals surface area contributed by atoms with Crippen LogP contribution >= 0.6 is 0 Å². The molecule has 0 aliphatic carbocycles. The van der Waals surface area contributed by atoms with Gasteiger partial charge in [-0.05, 0) is 11.6 Å². The summed E-state index contributed by atoms with van der Waals surface area (Å²) in [7, 11) is 0. The minimum Gasteiger partial charge on any atom is -0.309 e. The third-order valence-corrected chi connectivity index (χ3v) is 2.01. The number of hydrogen-bond donors (Lipinski definition) is 2. The van der Waals surface area contributed by atoms with Crippen LogP contribution in [0, 0.1) is 0 Å². The van der Waals surface area contributed by atoms with Crippen molar-refractivity contribution in [3.05, 3.63) is 41.6 Å². The number of urea groups is 1. The molecule has 0 radical (unpaired) electrons. The average Bonchev–Trinajstić information content (AvgIpc) is 2.47. The van der Waals surface area contributed by atoms with Crippen molar-refractivity contribution in [2.75, 3.05) is 6.54 Å². The van der Waals surface area contributed by atoms with Gasteiger partial charge < -0.3 is 5.32 Å². The highest BCUT2D eigenvalue weighted by Crippen LogP contribution is 2.09. The standard InChI is InChI=1S/C10H11N3O/c11-13-7-9(12-10(13)14)6-8-4-2-1-3-5-8/h1-6H,7,11H2,(H,12,14). The number of carbonyl (C=O) groups is 1. The summed E-state index contributed by atoms with van der Waals surface area (Å²) in [6.45, 7) is 0.438. The number of hydrazine groups is 1. The minimum absolute atomic E-state index is 0.257. The number of benzene rings is 1. The summed E-state index contributed by atoms with van der Waals surface area (Å²) in [5.74, 6) is 5.40. The fourth-order valence-electron chi connectivity index (χ4n) is 1.34. The lowest BCUT2D eigenvalue weighted by Crippen LogP contribution is -2.34. The Balaban J connectivity index is 2.17. The molecule has 4 heteroatoms. The topological polar surface area (TPSA) is 58.4 Å². The Bertz CT molecular complexity index is 372. The van der Waals surface area contributed by atoms with Crippen LogP contribution in [0.15, 0.2) is 36.0 Å². The van der Waals surface area contributed by atoms with Gasteiger partial charge in [0.2, 0.25) is 0 Å². The molecule has 14 heavy (non-hydrogen) atoms. The normalized spacial score (nSPS) is 18.8. The van der Waals surface area contributed by atoms with Gasteiger partial charge >= 0.3 is 6.03 Å². The second-order valence-corrected chi connectivity index (χ2v) is 3.14. The van der Waals surface area contributed by atoms with Crippen molar-refractivity contribution >= 4 is 12.1 Å². The van der Waals surface area contributed by atoms with Crippen LogP contribution in [0.1, 0.15) is 5.56 Å². The maximum Gasteiger partial charge on any atom is 0.336 e. The lowest BCUT2D eigenvalue weighted by Gasteiger charge is -2.01. The van der Waals surface area contributed by atoms with Crippen molar-refractivity contribution in [1.29, 1.82) is 0 Å². The molecule has 0 saturated carbocycles. The Morgan fingerprint density at radius 1 is 1.36 bits per heavy atom. The molecule has 1 aromatic rings. The smallest absolute Gasteiger partial charge is 0.309 e. The number of amides is 2. The molecule has 1 aliphatic rings. The number of nitrogens with one attached hydrogen (secondary N) is 1. The first-order valence-electron chi connectivity index (χ1n) is 4.34. The van der Waals surface area contributed by atoms with E-state index in [4.69, 9.17) is 5.84 Å². The van der Waals surface area contributed by atoms with E-state index in [-0.39, 0.29) is 6.03 Å². The maximum absolute atomic E-state index is 11.0. The maximum atomic E-state index is 11.0. The van der Waals surface area contributed by atoms with Gasteiger partial charge in [0.1, 0.15) is 0 Å². The second kappa shape index (κ2) is 3.51. The number of hydrogen-bond acceptors (Lipinski definition) is 2. The van der Waals surface area contributed by atoms with Gasteiger partial charge in [-0.25, -0.2) is 10.6 Å². The van der Waals surface area contributed by atoms with Crippen LogP contribution in [-0.2, 0) is 0 Å². The highest BCUT2D eigenvalue weighted by Gasteiger charge is 2.20. The van der Waals surface area contributed by atoms with E-state index in [9.17, 15) is 4.79 Å². The Hall–Kier alpha value is -1.81. The van der Waals surface area contributed by atoms with Gasteiger partial charge in [-0.15, -0.1) is 0 Å². The Morgan fingerprint density at radius 3 is 2.64 bits per heavy atom. The molecule has 0 spiro atoms. The van der Waals surface area contributed by atoms with Gasteiger partial charge in [-0.2, -0.15) is 0 Å². The summed E-state index contributed by atoms with van der Waals surface area (Å²) in [5.41, 5.74) is 1.88. The van der Waals surface area contributed by atoms with E-state index in [1.807, 2.05) is 36.4 Å². The van der Waals surface area contributed by atoms with E-state index in [0.717, 1.165) is 16.3 Å². The number of rotatable bonds is 1. The zero-order valence-corrected chi connectivity index (χ0v) is 7.60. The number of carbonyl (C=O) groups excluding carboxylic acids is 1. The Labute approximate surface area is 82.0 Å². The molecule has 1 saturated heterocycles. The molecule has 0 unspecified atom stereocenters. The molecular weight excluding hydrogens is 178 g/mol. The van der Waals surface area contributed by atoms with Crippen LogP contribution < -0.4 is 11.2 Å². The summed E-state index contributed by atoms with van der Waals surface area (Å²) in [4.78, 5) is 11.0. The second-order valence-electron chi connectivity index (χ2n) is 3.14. The Morgan fingerprint density at radius 2 is 2.07 bits per heavy atom. The summed E-state index contributed by atoms with van der Waals surface area (Å²) in [6, 6.07) is 9.53. The molecule has 2 rings (SSSR count). The first-order chi connectivity index (χ1) is 6.75. The fraction of sp³-hybridized carbons (Fsp3) is 0.100. The predicted molar refractivity (Wildman–Crippen MR) is 53.8 cm³/mol. The lowest BCUT2D eigenvalue weighted by molar-refractivity contribution is 0.218. The Kier molecular flexibility index (Phi) is 2.20. The first-order valence-corrected chi connectivity index (χ1v) is 4.34. The predicted octanol–water partition coefficient (Wildman–Crippen LogP) is 0.926. The van der Waals surface area contributed by atoms with E-state index >= 15 is 0 Å². The van der Waals surface area contributed by atoms with Gasteiger partial charge in [0, 0.05) is 5.70 Å². The van der Waals surface area contributed by atoms with E-state index < -0.39 is 0 Å². The molecule has 1 fully saturated rings. The molecule has 3 N–H and O–H groups in total. The SMILES string of the molecule is NN1CC(=Cc2ccccc2)NC1=O. The van der Waals surface area contributed by atoms with Crippen molar-refractivity contribution in [3.63, 3.8) is 0 Å². The summed E-state index contributed by atoms with van der Waals surface area (Å²) in [6.07, 6.45) is 1.91. The van der Waals surface area contributed by atoms with Crippen LogP contribution in [0.2, 0.25) is 0 Å². The van der Waals surface area contributed by atoms with E-state index in [1.54, 1.807) is 0 Å². The summed E-state index contributed by atoms with van der Waals surface area (Å²) in [5, 5.41) is 3.82. The fourth-order valence-corrected chi connectivity index (χ4v) is 1.34. The van der Waals surface area contributed by atoms with Crippen molar-refractivity contribution in [2.45, 2.75) is 0 Å². The highest BCUT2D eigenvalue weighted by atomic mass is 16.2. The van der Waals surface area contributed by atoms with E-state index in [1.165, 1.54) is 0 Å². The average molecular weight is 189 g/mol. The van der Waals surface area contributed by atoms with Crippen LogP contribution in [0.5, 0.6) is 0 Å². The lowest BCUT2D eigenvalue weighted by atomic mass is 10.2. The zero-order chi connectivity index (χ0) is 9.97. The summed E-state index contributed by atoms with van der Waals surface area (Å²) < 4.78 is 0. The molecular formula is C10H11N3O. The van der Waals surface area contributed by atoms with Crippen LogP contribution in [0.25, 0.3) is 6.08 Å². The van der Waals surface area contributed by atoms with Crippen LogP contribution in [-0.4, -0.2) is 17.6 Å². The highest BCUT2D eigenvalue weighted by molar-refractivity contribution is 5.80. The molecule has 1 aromatic carbocycles. The van der Waals surface area contributed by atoms with Crippen molar-refractivity contribution in [3.8, 4) is 0 Å². The first kappa shape index (κ1) is 8.77. The van der Waals surface area contributed by atoms with Gasteiger partial charge in [0.15, 0.2) is 0 Å². The minimum atomic E-state index is -0.257. The molecule has 72 valence electrons. The molecule has 1 aliphatic heterocycles. The van der Waals surface area contributed by atoms with Crippen LogP contribution in [0.3, 0.4) is 0 Å². The van der Waals surface area contributed by atoms with Crippen molar-refractivity contribution in [1.82, 2.24) is 10.3 Å². The van der Waals surface area contributed by atoms with Crippen molar-refractivity contribution < 1.29 is 4.79 Å². The van der Waals surface area contributed by atoms with Gasteiger partial charge in [-0.3, -0.25) is 5.01 Å². The van der Waals surface area contributed by atoms with E-state index in [2.05, 4.69) is 5.32 Å². The third-order valence-electron chi connectivity index (χ3n) is 2.01. The third kappa shape index (κ3) is 1.75. The van der Waals surface area contributed by atoms with Crippen LogP contribution in [0.4, 0.5) is 4.79 Å². The zero-order valence-electron chi connectivity index (χ0n) is 7.60. The molecule has 2 amide bonds. The largest absolute Gasteiger partial charge is 0.336 e. The molecule has 1 heterocycles. The van der Waals surface area contributed by atoms with Gasteiger partial charge in [-0.1, -0.05) is 30.3 Å². The van der Waals surface area contributed by atoms with E-state index in [0.29, 0.717) is 6.54 Å². The molecule has 4 nitrogen and oxygen atoms in total. The number of nitrogens with zero attached hydrogens (tertiary/aromatic N) is 1. The quantitative estimate of drug-likeness (QED) is 0.510. The molecule has 0 atom stereocenters. The number of nitrogens with two attached hydrogens (primary N) is 1. The monoisotopic (exact) mass is 189 g/mol. The van der Waals surface area contributed by atoms with Gasteiger partial charge in [0.25, 0.3) is 0 Å². The molecule has 0 bridgehead atoms. The van der Waals surface area contributed by atoms with Gasteiger partial charge in [0.05, 0.1) is 6.54 Å². The summed E-state index contributed by atoms with van der Waals surface area (Å²) >= 11 is 0. The van der Waals surface area contributed by atoms with Crippen molar-refractivity contribution in [2.24, 2.45) is 5.84 Å².